The molecule has 1 aliphatic rings. The Labute approximate surface area is 153 Å². The summed E-state index contributed by atoms with van der Waals surface area (Å²) in [6, 6.07) is 10.0. The third-order valence-corrected chi connectivity index (χ3v) is 4.68. The lowest BCUT2D eigenvalue weighted by Gasteiger charge is -2.34. The van der Waals surface area contributed by atoms with E-state index in [1.54, 1.807) is 12.3 Å². The van der Waals surface area contributed by atoms with Crippen LogP contribution in [0.3, 0.4) is 0 Å². The van der Waals surface area contributed by atoms with Gasteiger partial charge in [0.2, 0.25) is 5.91 Å². The number of benzene rings is 1. The topological polar surface area (TPSA) is 36.4 Å². The Bertz CT molecular complexity index is 778. The fourth-order valence-electron chi connectivity index (χ4n) is 2.99. The molecule has 1 aromatic carbocycles. The van der Waals surface area contributed by atoms with Crippen molar-refractivity contribution in [2.75, 3.05) is 31.1 Å². The Hall–Kier alpha value is -2.33. The molecular formula is C20H22ClN3O. The van der Waals surface area contributed by atoms with Crippen LogP contribution in [0.5, 0.6) is 0 Å². The van der Waals surface area contributed by atoms with Crippen LogP contribution >= 0.6 is 11.6 Å². The maximum absolute atomic E-state index is 12.4. The lowest BCUT2D eigenvalue weighted by Crippen LogP contribution is -2.48. The van der Waals surface area contributed by atoms with Crippen LogP contribution in [0.1, 0.15) is 16.7 Å². The molecule has 0 saturated carbocycles. The maximum atomic E-state index is 12.4. The molecule has 0 N–H and O–H groups in total. The van der Waals surface area contributed by atoms with Gasteiger partial charge in [0, 0.05) is 38.5 Å². The molecular weight excluding hydrogens is 334 g/mol. The summed E-state index contributed by atoms with van der Waals surface area (Å²) < 4.78 is 0. The molecule has 2 heterocycles. The number of amides is 1. The number of carbonyl (C=O) groups is 1. The van der Waals surface area contributed by atoms with Crippen molar-refractivity contribution in [3.8, 4) is 0 Å². The molecule has 25 heavy (non-hydrogen) atoms. The molecule has 1 amide bonds. The second-order valence-electron chi connectivity index (χ2n) is 6.34. The standard InChI is InChI=1S/C20H22ClN3O/c1-15-3-4-17(16(2)13-15)5-8-20(25)24-11-9-23(10-12-24)19-7-6-18(21)14-22-19/h3-8,13-14H,9-12H2,1-2H3/b8-5+. The molecule has 3 rings (SSSR count). The summed E-state index contributed by atoms with van der Waals surface area (Å²) in [5.74, 6) is 0.964. The maximum Gasteiger partial charge on any atom is 0.246 e. The van der Waals surface area contributed by atoms with E-state index >= 15 is 0 Å². The number of anilines is 1. The first-order valence-corrected chi connectivity index (χ1v) is 8.81. The van der Waals surface area contributed by atoms with Crippen LogP contribution in [-0.2, 0) is 4.79 Å². The first-order valence-electron chi connectivity index (χ1n) is 8.44. The number of rotatable bonds is 3. The van der Waals surface area contributed by atoms with Crippen molar-refractivity contribution < 1.29 is 4.79 Å². The van der Waals surface area contributed by atoms with Gasteiger partial charge in [-0.2, -0.15) is 0 Å². The normalized spacial score (nSPS) is 15.0. The zero-order chi connectivity index (χ0) is 17.8. The van der Waals surface area contributed by atoms with Crippen LogP contribution in [0, 0.1) is 13.8 Å². The minimum absolute atomic E-state index is 0.0590. The van der Waals surface area contributed by atoms with Gasteiger partial charge >= 0.3 is 0 Å². The van der Waals surface area contributed by atoms with Crippen molar-refractivity contribution in [2.45, 2.75) is 13.8 Å². The lowest BCUT2D eigenvalue weighted by molar-refractivity contribution is -0.126. The molecule has 1 aliphatic heterocycles. The highest BCUT2D eigenvalue weighted by Crippen LogP contribution is 2.17. The van der Waals surface area contributed by atoms with Gasteiger partial charge in [0.1, 0.15) is 5.82 Å². The smallest absolute Gasteiger partial charge is 0.246 e. The Morgan fingerprint density at radius 3 is 2.52 bits per heavy atom. The van der Waals surface area contributed by atoms with Crippen LogP contribution in [0.25, 0.3) is 6.08 Å². The summed E-state index contributed by atoms with van der Waals surface area (Å²) >= 11 is 5.88. The summed E-state index contributed by atoms with van der Waals surface area (Å²) in [5.41, 5.74) is 3.50. The van der Waals surface area contributed by atoms with Gasteiger partial charge in [0.25, 0.3) is 0 Å². The molecule has 0 unspecified atom stereocenters. The lowest BCUT2D eigenvalue weighted by atomic mass is 10.1. The molecule has 0 bridgehead atoms. The van der Waals surface area contributed by atoms with Crippen LogP contribution in [0.2, 0.25) is 5.02 Å². The van der Waals surface area contributed by atoms with E-state index in [0.29, 0.717) is 18.1 Å². The molecule has 1 saturated heterocycles. The van der Waals surface area contributed by atoms with Crippen molar-refractivity contribution in [3.05, 3.63) is 64.3 Å². The van der Waals surface area contributed by atoms with E-state index in [4.69, 9.17) is 11.6 Å². The van der Waals surface area contributed by atoms with Crippen molar-refractivity contribution in [2.24, 2.45) is 0 Å². The monoisotopic (exact) mass is 355 g/mol. The molecule has 130 valence electrons. The quantitative estimate of drug-likeness (QED) is 0.787. The summed E-state index contributed by atoms with van der Waals surface area (Å²) in [7, 11) is 0. The summed E-state index contributed by atoms with van der Waals surface area (Å²) in [6.07, 6.45) is 5.24. The molecule has 0 atom stereocenters. The SMILES string of the molecule is Cc1ccc(/C=C/C(=O)N2CCN(c3ccc(Cl)cn3)CC2)c(C)c1. The van der Waals surface area contributed by atoms with Gasteiger partial charge in [0.15, 0.2) is 0 Å². The largest absolute Gasteiger partial charge is 0.353 e. The molecule has 5 heteroatoms. The van der Waals surface area contributed by atoms with E-state index in [9.17, 15) is 4.79 Å². The molecule has 0 spiro atoms. The van der Waals surface area contributed by atoms with E-state index in [-0.39, 0.29) is 5.91 Å². The Morgan fingerprint density at radius 1 is 1.12 bits per heavy atom. The molecule has 4 nitrogen and oxygen atoms in total. The number of carbonyl (C=O) groups excluding carboxylic acids is 1. The second kappa shape index (κ2) is 7.70. The van der Waals surface area contributed by atoms with E-state index < -0.39 is 0 Å². The number of aryl methyl sites for hydroxylation is 2. The van der Waals surface area contributed by atoms with Crippen molar-refractivity contribution >= 4 is 29.4 Å². The van der Waals surface area contributed by atoms with Crippen molar-refractivity contribution in [1.29, 1.82) is 0 Å². The van der Waals surface area contributed by atoms with Crippen LogP contribution in [-0.4, -0.2) is 42.0 Å². The highest BCUT2D eigenvalue weighted by molar-refractivity contribution is 6.30. The zero-order valence-electron chi connectivity index (χ0n) is 14.6. The fraction of sp³-hybridized carbons (Fsp3) is 0.300. The predicted molar refractivity (Wildman–Crippen MR) is 103 cm³/mol. The number of hydrogen-bond donors (Lipinski definition) is 0. The molecule has 2 aromatic rings. The molecule has 0 aliphatic carbocycles. The zero-order valence-corrected chi connectivity index (χ0v) is 15.3. The highest BCUT2D eigenvalue weighted by Gasteiger charge is 2.20. The van der Waals surface area contributed by atoms with Gasteiger partial charge in [-0.3, -0.25) is 4.79 Å². The average Bonchev–Trinajstić information content (AvgIpc) is 2.61. The van der Waals surface area contributed by atoms with Gasteiger partial charge in [-0.05, 0) is 43.2 Å². The van der Waals surface area contributed by atoms with Crippen molar-refractivity contribution in [1.82, 2.24) is 9.88 Å². The molecule has 0 radical (unpaired) electrons. The first-order chi connectivity index (χ1) is 12.0. The van der Waals surface area contributed by atoms with Gasteiger partial charge in [-0.25, -0.2) is 4.98 Å². The number of pyridine rings is 1. The van der Waals surface area contributed by atoms with Crippen LogP contribution in [0.15, 0.2) is 42.6 Å². The highest BCUT2D eigenvalue weighted by atomic mass is 35.5. The van der Waals surface area contributed by atoms with Gasteiger partial charge in [-0.15, -0.1) is 0 Å². The summed E-state index contributed by atoms with van der Waals surface area (Å²) in [6.45, 7) is 7.08. The third kappa shape index (κ3) is 4.40. The molecule has 1 fully saturated rings. The van der Waals surface area contributed by atoms with E-state index in [0.717, 1.165) is 24.5 Å². The third-order valence-electron chi connectivity index (χ3n) is 4.46. The second-order valence-corrected chi connectivity index (χ2v) is 6.78. The Balaban J connectivity index is 1.58. The van der Waals surface area contributed by atoms with E-state index in [1.807, 2.05) is 23.1 Å². The number of hydrogen-bond acceptors (Lipinski definition) is 3. The van der Waals surface area contributed by atoms with Gasteiger partial charge in [-0.1, -0.05) is 35.4 Å². The minimum Gasteiger partial charge on any atom is -0.353 e. The summed E-state index contributed by atoms with van der Waals surface area (Å²) in [4.78, 5) is 20.8. The molecule has 1 aromatic heterocycles. The predicted octanol–water partition coefficient (Wildman–Crippen LogP) is 3.71. The first kappa shape index (κ1) is 17.5. The average molecular weight is 356 g/mol. The summed E-state index contributed by atoms with van der Waals surface area (Å²) in [5, 5.41) is 0.633. The van der Waals surface area contributed by atoms with Crippen LogP contribution < -0.4 is 4.90 Å². The number of nitrogens with zero attached hydrogens (tertiary/aromatic N) is 3. The minimum atomic E-state index is 0.0590. The Kier molecular flexibility index (Phi) is 5.39. The van der Waals surface area contributed by atoms with Crippen LogP contribution in [0.4, 0.5) is 5.82 Å². The number of piperazine rings is 1. The number of aromatic nitrogens is 1. The van der Waals surface area contributed by atoms with Crippen molar-refractivity contribution in [3.63, 3.8) is 0 Å². The van der Waals surface area contributed by atoms with E-state index in [1.165, 1.54) is 11.1 Å². The fourth-order valence-corrected chi connectivity index (χ4v) is 3.10. The van der Waals surface area contributed by atoms with Gasteiger partial charge in [0.05, 0.1) is 5.02 Å². The number of halogens is 1. The van der Waals surface area contributed by atoms with E-state index in [2.05, 4.69) is 41.9 Å². The Morgan fingerprint density at radius 2 is 1.88 bits per heavy atom. The van der Waals surface area contributed by atoms with Gasteiger partial charge < -0.3 is 9.80 Å².